The number of pyridine rings is 1. The van der Waals surface area contributed by atoms with E-state index in [2.05, 4.69) is 9.88 Å². The Labute approximate surface area is 178 Å². The third-order valence-corrected chi connectivity index (χ3v) is 5.49. The molecule has 2 aliphatic heterocycles. The van der Waals surface area contributed by atoms with Crippen molar-refractivity contribution in [3.05, 3.63) is 29.6 Å². The van der Waals surface area contributed by atoms with Crippen molar-refractivity contribution in [2.24, 2.45) is 5.92 Å². The quantitative estimate of drug-likeness (QED) is 0.736. The maximum Gasteiger partial charge on any atom is 0.490 e. The minimum Gasteiger partial charge on any atom is -0.475 e. The monoisotopic (exact) mass is 447 g/mol. The zero-order chi connectivity index (χ0) is 23.2. The molecule has 0 unspecified atom stereocenters. The molecule has 3 atom stereocenters. The molecule has 0 aliphatic carbocycles. The van der Waals surface area contributed by atoms with Crippen LogP contribution in [0.5, 0.6) is 0 Å². The highest BCUT2D eigenvalue weighted by Crippen LogP contribution is 2.33. The van der Waals surface area contributed by atoms with Crippen molar-refractivity contribution >= 4 is 11.9 Å². The van der Waals surface area contributed by atoms with Crippen LogP contribution in [0.4, 0.5) is 13.2 Å². The molecule has 2 aliphatic rings. The number of aromatic nitrogens is 1. The standard InChI is InChI=1S/C18H27N3O3.C2HF3O2/c1-13-4-6-19-15(10-13)18(22)21-7-5-17(24-3)14-11-20(8-9-23-2)12-16(14)21;3-2(4,5)1(6)7/h4,6,10,14,16-17H,5,7-9,11-12H2,1-3H3;(H,6,7)/t14-,16+,17-;/m0./s1. The van der Waals surface area contributed by atoms with Gasteiger partial charge in [-0.05, 0) is 31.0 Å². The van der Waals surface area contributed by atoms with E-state index < -0.39 is 12.1 Å². The first-order valence-electron chi connectivity index (χ1n) is 9.86. The number of aliphatic carboxylic acids is 1. The molecule has 0 bridgehead atoms. The van der Waals surface area contributed by atoms with Gasteiger partial charge in [0.05, 0.1) is 18.8 Å². The van der Waals surface area contributed by atoms with Crippen LogP contribution in [0, 0.1) is 12.8 Å². The average Bonchev–Trinajstić information content (AvgIpc) is 3.15. The number of ether oxygens (including phenoxy) is 2. The molecule has 2 fully saturated rings. The molecule has 8 nitrogen and oxygen atoms in total. The molecule has 0 aromatic carbocycles. The Morgan fingerprint density at radius 3 is 2.52 bits per heavy atom. The lowest BCUT2D eigenvalue weighted by Gasteiger charge is -2.41. The first-order chi connectivity index (χ1) is 14.6. The van der Waals surface area contributed by atoms with Gasteiger partial charge in [0, 0.05) is 52.5 Å². The summed E-state index contributed by atoms with van der Waals surface area (Å²) in [5.41, 5.74) is 1.60. The van der Waals surface area contributed by atoms with Gasteiger partial charge in [-0.2, -0.15) is 13.2 Å². The molecule has 3 heterocycles. The zero-order valence-electron chi connectivity index (χ0n) is 17.8. The van der Waals surface area contributed by atoms with Crippen molar-refractivity contribution in [3.63, 3.8) is 0 Å². The summed E-state index contributed by atoms with van der Waals surface area (Å²) in [6.45, 7) is 6.16. The minimum absolute atomic E-state index is 0.0387. The molecule has 0 radical (unpaired) electrons. The van der Waals surface area contributed by atoms with Crippen LogP contribution in [-0.2, 0) is 14.3 Å². The van der Waals surface area contributed by atoms with Crippen LogP contribution in [0.3, 0.4) is 0 Å². The van der Waals surface area contributed by atoms with Gasteiger partial charge in [-0.25, -0.2) is 4.79 Å². The van der Waals surface area contributed by atoms with E-state index in [0.717, 1.165) is 38.2 Å². The number of halogens is 3. The van der Waals surface area contributed by atoms with E-state index >= 15 is 0 Å². The molecule has 3 rings (SSSR count). The Morgan fingerprint density at radius 2 is 1.97 bits per heavy atom. The molecule has 0 saturated carbocycles. The lowest BCUT2D eigenvalue weighted by molar-refractivity contribution is -0.192. The highest BCUT2D eigenvalue weighted by atomic mass is 19.4. The first kappa shape index (κ1) is 25.0. The third kappa shape index (κ3) is 6.62. The van der Waals surface area contributed by atoms with Crippen molar-refractivity contribution in [2.75, 3.05) is 47.0 Å². The highest BCUT2D eigenvalue weighted by molar-refractivity contribution is 5.92. The second-order valence-corrected chi connectivity index (χ2v) is 7.57. The number of likely N-dealkylation sites (tertiary alicyclic amines) is 2. The van der Waals surface area contributed by atoms with Gasteiger partial charge < -0.3 is 19.5 Å². The number of carbonyl (C=O) groups is 2. The average molecular weight is 447 g/mol. The fourth-order valence-electron chi connectivity index (χ4n) is 3.98. The van der Waals surface area contributed by atoms with Crippen molar-refractivity contribution < 1.29 is 37.3 Å². The summed E-state index contributed by atoms with van der Waals surface area (Å²) in [5, 5.41) is 7.12. The predicted molar refractivity (Wildman–Crippen MR) is 105 cm³/mol. The Bertz CT molecular complexity index is 762. The first-order valence-corrected chi connectivity index (χ1v) is 9.86. The summed E-state index contributed by atoms with van der Waals surface area (Å²) in [6.07, 6.45) is -2.27. The van der Waals surface area contributed by atoms with Gasteiger partial charge in [-0.3, -0.25) is 14.7 Å². The van der Waals surface area contributed by atoms with Crippen molar-refractivity contribution in [1.29, 1.82) is 0 Å². The van der Waals surface area contributed by atoms with Crippen molar-refractivity contribution in [3.8, 4) is 0 Å². The molecular weight excluding hydrogens is 419 g/mol. The second-order valence-electron chi connectivity index (χ2n) is 7.57. The lowest BCUT2D eigenvalue weighted by Crippen LogP contribution is -2.53. The van der Waals surface area contributed by atoms with Gasteiger partial charge in [0.15, 0.2) is 0 Å². The smallest absolute Gasteiger partial charge is 0.475 e. The van der Waals surface area contributed by atoms with E-state index in [1.807, 2.05) is 24.0 Å². The summed E-state index contributed by atoms with van der Waals surface area (Å²) in [4.78, 5) is 30.5. The summed E-state index contributed by atoms with van der Waals surface area (Å²) in [7, 11) is 3.50. The normalized spacial score (nSPS) is 23.7. The molecule has 11 heteroatoms. The van der Waals surface area contributed by atoms with Crippen molar-refractivity contribution in [1.82, 2.24) is 14.8 Å². The molecule has 1 amide bonds. The van der Waals surface area contributed by atoms with Crippen LogP contribution in [-0.4, -0.2) is 97.1 Å². The number of methoxy groups -OCH3 is 2. The zero-order valence-corrected chi connectivity index (χ0v) is 17.8. The fourth-order valence-corrected chi connectivity index (χ4v) is 3.98. The highest BCUT2D eigenvalue weighted by Gasteiger charge is 2.46. The van der Waals surface area contributed by atoms with E-state index in [4.69, 9.17) is 19.4 Å². The number of piperidine rings is 1. The Balaban J connectivity index is 0.000000423. The van der Waals surface area contributed by atoms with Gasteiger partial charge in [0.1, 0.15) is 5.69 Å². The van der Waals surface area contributed by atoms with E-state index in [-0.39, 0.29) is 18.1 Å². The number of hydrogen-bond acceptors (Lipinski definition) is 6. The van der Waals surface area contributed by atoms with E-state index in [1.54, 1.807) is 20.4 Å². The molecule has 1 N–H and O–H groups in total. The van der Waals surface area contributed by atoms with Gasteiger partial charge in [-0.15, -0.1) is 0 Å². The summed E-state index contributed by atoms with van der Waals surface area (Å²) in [6, 6.07) is 3.98. The van der Waals surface area contributed by atoms with Crippen LogP contribution >= 0.6 is 0 Å². The number of alkyl halides is 3. The predicted octanol–water partition coefficient (Wildman–Crippen LogP) is 1.83. The lowest BCUT2D eigenvalue weighted by atomic mass is 9.88. The van der Waals surface area contributed by atoms with Crippen LogP contribution in [0.25, 0.3) is 0 Å². The van der Waals surface area contributed by atoms with Gasteiger partial charge in [0.2, 0.25) is 0 Å². The van der Waals surface area contributed by atoms with Crippen LogP contribution < -0.4 is 0 Å². The number of aryl methyl sites for hydroxylation is 1. The Hall–Kier alpha value is -2.24. The van der Waals surface area contributed by atoms with E-state index in [1.165, 1.54) is 0 Å². The number of fused-ring (bicyclic) bond motifs is 1. The molecule has 0 spiro atoms. The Morgan fingerprint density at radius 1 is 1.29 bits per heavy atom. The Kier molecular flexibility index (Phi) is 8.78. The SMILES string of the molecule is COCCN1C[C@@H]2[C@@H](OC)CCN(C(=O)c3cc(C)ccn3)[C@@H]2C1.O=C(O)C(F)(F)F. The van der Waals surface area contributed by atoms with Gasteiger partial charge in [0.25, 0.3) is 5.91 Å². The number of rotatable bonds is 5. The summed E-state index contributed by atoms with van der Waals surface area (Å²) in [5.74, 6) is -2.36. The van der Waals surface area contributed by atoms with Crippen LogP contribution in [0.15, 0.2) is 18.3 Å². The molecule has 2 saturated heterocycles. The third-order valence-electron chi connectivity index (χ3n) is 5.49. The van der Waals surface area contributed by atoms with E-state index in [9.17, 15) is 18.0 Å². The summed E-state index contributed by atoms with van der Waals surface area (Å²) < 4.78 is 42.6. The van der Waals surface area contributed by atoms with Crippen molar-refractivity contribution in [2.45, 2.75) is 31.7 Å². The molecule has 174 valence electrons. The topological polar surface area (TPSA) is 92.2 Å². The van der Waals surface area contributed by atoms with E-state index in [0.29, 0.717) is 18.2 Å². The number of carbonyl (C=O) groups excluding carboxylic acids is 1. The molecule has 1 aromatic heterocycles. The van der Waals surface area contributed by atoms with Crippen LogP contribution in [0.1, 0.15) is 22.5 Å². The number of nitrogens with zero attached hydrogens (tertiary/aromatic N) is 3. The van der Waals surface area contributed by atoms with Gasteiger partial charge in [-0.1, -0.05) is 0 Å². The number of carboxylic acids is 1. The fraction of sp³-hybridized carbons (Fsp3) is 0.650. The minimum atomic E-state index is -5.08. The largest absolute Gasteiger partial charge is 0.490 e. The number of hydrogen-bond donors (Lipinski definition) is 1. The molecule has 31 heavy (non-hydrogen) atoms. The summed E-state index contributed by atoms with van der Waals surface area (Å²) >= 11 is 0. The second kappa shape index (κ2) is 10.9. The van der Waals surface area contributed by atoms with Crippen LogP contribution in [0.2, 0.25) is 0 Å². The maximum atomic E-state index is 13.0. The van der Waals surface area contributed by atoms with Gasteiger partial charge >= 0.3 is 12.1 Å². The number of amides is 1. The number of carboxylic acid groups (broad SMARTS) is 1. The molecule has 1 aromatic rings. The maximum absolute atomic E-state index is 13.0. The molecular formula is C20H28F3N3O5.